The average molecular weight is 560 g/mol. The van der Waals surface area contributed by atoms with E-state index < -0.39 is 17.6 Å². The summed E-state index contributed by atoms with van der Waals surface area (Å²) in [7, 11) is 0. The highest BCUT2D eigenvalue weighted by atomic mass is 35.5. The van der Waals surface area contributed by atoms with Gasteiger partial charge in [-0.3, -0.25) is 4.79 Å². The Balaban J connectivity index is 1.43. The zero-order valence-corrected chi connectivity index (χ0v) is 21.8. The molecule has 0 spiro atoms. The standard InChI is InChI=1S/C28H22Cl2F3N3O2/c1-17-12-21(15-34-35-27(37)19-4-3-5-22(13-19)28(31,32)33)18(2)36(17)24-8-10-25(11-9-24)38-16-20-6-7-23(29)14-26(20)30/h3-15H,16H2,1-2H3,(H,35,37)/b34-15-. The number of alkyl halides is 3. The lowest BCUT2D eigenvalue weighted by atomic mass is 10.1. The van der Waals surface area contributed by atoms with Gasteiger partial charge in [0, 0.05) is 43.8 Å². The normalized spacial score (nSPS) is 11.7. The lowest BCUT2D eigenvalue weighted by molar-refractivity contribution is -0.137. The van der Waals surface area contributed by atoms with Crippen LogP contribution in [0.25, 0.3) is 5.69 Å². The van der Waals surface area contributed by atoms with Crippen molar-refractivity contribution in [2.24, 2.45) is 5.10 Å². The minimum absolute atomic E-state index is 0.136. The minimum atomic E-state index is -4.54. The second kappa shape index (κ2) is 11.3. The number of rotatable bonds is 7. The lowest BCUT2D eigenvalue weighted by Gasteiger charge is -2.12. The van der Waals surface area contributed by atoms with Gasteiger partial charge >= 0.3 is 6.18 Å². The summed E-state index contributed by atoms with van der Waals surface area (Å²) in [5.41, 5.74) is 5.49. The second-order valence-corrected chi connectivity index (χ2v) is 9.30. The molecule has 4 rings (SSSR count). The molecule has 1 heterocycles. The van der Waals surface area contributed by atoms with Crippen molar-refractivity contribution < 1.29 is 22.7 Å². The zero-order chi connectivity index (χ0) is 27.4. The van der Waals surface area contributed by atoms with Crippen LogP contribution in [-0.2, 0) is 12.8 Å². The van der Waals surface area contributed by atoms with Crippen LogP contribution in [0.15, 0.2) is 77.9 Å². The van der Waals surface area contributed by atoms with Gasteiger partial charge in [-0.1, -0.05) is 35.3 Å². The Morgan fingerprint density at radius 3 is 2.45 bits per heavy atom. The number of carbonyl (C=O) groups excluding carboxylic acids is 1. The van der Waals surface area contributed by atoms with Crippen LogP contribution >= 0.6 is 23.2 Å². The fourth-order valence-corrected chi connectivity index (χ4v) is 4.33. The summed E-state index contributed by atoms with van der Waals surface area (Å²) in [5.74, 6) is -0.0713. The third kappa shape index (κ3) is 6.38. The van der Waals surface area contributed by atoms with Crippen LogP contribution in [0.3, 0.4) is 0 Å². The number of amides is 1. The van der Waals surface area contributed by atoms with Crippen molar-refractivity contribution in [2.45, 2.75) is 26.6 Å². The highest BCUT2D eigenvalue weighted by Gasteiger charge is 2.30. The fourth-order valence-electron chi connectivity index (χ4n) is 3.87. The molecule has 0 fully saturated rings. The Hall–Kier alpha value is -3.75. The molecule has 0 bridgehead atoms. The van der Waals surface area contributed by atoms with Crippen molar-refractivity contribution >= 4 is 35.3 Å². The smallest absolute Gasteiger partial charge is 0.416 e. The molecule has 0 aliphatic rings. The number of benzene rings is 3. The number of halogens is 5. The number of hydrogen-bond donors (Lipinski definition) is 1. The van der Waals surface area contributed by atoms with Crippen LogP contribution in [-0.4, -0.2) is 16.7 Å². The van der Waals surface area contributed by atoms with Crippen molar-refractivity contribution in [3.63, 3.8) is 0 Å². The van der Waals surface area contributed by atoms with Crippen molar-refractivity contribution in [2.75, 3.05) is 0 Å². The Kier molecular flexibility index (Phi) is 8.14. The third-order valence-corrected chi connectivity index (χ3v) is 6.38. The maximum absolute atomic E-state index is 12.9. The summed E-state index contributed by atoms with van der Waals surface area (Å²) in [6, 6.07) is 18.8. The first-order valence-electron chi connectivity index (χ1n) is 11.4. The molecular formula is C28H22Cl2F3N3O2. The molecule has 4 aromatic rings. The van der Waals surface area contributed by atoms with Gasteiger partial charge in [0.15, 0.2) is 0 Å². The summed E-state index contributed by atoms with van der Waals surface area (Å²) < 4.78 is 46.6. The summed E-state index contributed by atoms with van der Waals surface area (Å²) in [6.07, 6.45) is -3.08. The minimum Gasteiger partial charge on any atom is -0.489 e. The molecule has 0 unspecified atom stereocenters. The molecule has 38 heavy (non-hydrogen) atoms. The fraction of sp³-hybridized carbons (Fsp3) is 0.143. The van der Waals surface area contributed by atoms with Crippen molar-refractivity contribution in [1.29, 1.82) is 0 Å². The molecule has 0 saturated heterocycles. The SMILES string of the molecule is Cc1cc(/C=N\NC(=O)c2cccc(C(F)(F)F)c2)c(C)n1-c1ccc(OCc2ccc(Cl)cc2Cl)cc1. The second-order valence-electron chi connectivity index (χ2n) is 8.46. The Bertz CT molecular complexity index is 1500. The molecule has 1 N–H and O–H groups in total. The van der Waals surface area contributed by atoms with E-state index >= 15 is 0 Å². The monoisotopic (exact) mass is 559 g/mol. The lowest BCUT2D eigenvalue weighted by Crippen LogP contribution is -2.18. The van der Waals surface area contributed by atoms with Gasteiger partial charge in [0.1, 0.15) is 12.4 Å². The van der Waals surface area contributed by atoms with Gasteiger partial charge in [0.05, 0.1) is 11.8 Å². The molecule has 10 heteroatoms. The maximum atomic E-state index is 12.9. The van der Waals surface area contributed by atoms with E-state index in [1.165, 1.54) is 18.3 Å². The summed E-state index contributed by atoms with van der Waals surface area (Å²) in [5, 5.41) is 5.03. The van der Waals surface area contributed by atoms with E-state index in [0.29, 0.717) is 22.4 Å². The number of hydrazone groups is 1. The van der Waals surface area contributed by atoms with Crippen molar-refractivity contribution in [1.82, 2.24) is 9.99 Å². The van der Waals surface area contributed by atoms with Gasteiger partial charge in [-0.25, -0.2) is 5.43 Å². The van der Waals surface area contributed by atoms with E-state index in [1.54, 1.807) is 12.1 Å². The number of ether oxygens (including phenoxy) is 1. The number of nitrogens with one attached hydrogen (secondary N) is 1. The molecule has 0 atom stereocenters. The zero-order valence-electron chi connectivity index (χ0n) is 20.3. The third-order valence-electron chi connectivity index (χ3n) is 5.80. The van der Waals surface area contributed by atoms with Crippen LogP contribution in [0.5, 0.6) is 5.75 Å². The van der Waals surface area contributed by atoms with Crippen LogP contribution in [0.2, 0.25) is 10.0 Å². The number of nitrogens with zero attached hydrogens (tertiary/aromatic N) is 2. The Labute approximate surface area is 227 Å². The first-order chi connectivity index (χ1) is 18.0. The van der Waals surface area contributed by atoms with E-state index in [1.807, 2.05) is 54.8 Å². The van der Waals surface area contributed by atoms with Gasteiger partial charge in [0.25, 0.3) is 5.91 Å². The average Bonchev–Trinajstić information content (AvgIpc) is 3.16. The number of carbonyl (C=O) groups is 1. The van der Waals surface area contributed by atoms with E-state index in [9.17, 15) is 18.0 Å². The van der Waals surface area contributed by atoms with Gasteiger partial charge in [-0.15, -0.1) is 0 Å². The quantitative estimate of drug-likeness (QED) is 0.186. The molecular weight excluding hydrogens is 538 g/mol. The number of aromatic nitrogens is 1. The molecule has 5 nitrogen and oxygen atoms in total. The highest BCUT2D eigenvalue weighted by Crippen LogP contribution is 2.29. The highest BCUT2D eigenvalue weighted by molar-refractivity contribution is 6.35. The van der Waals surface area contributed by atoms with Crippen LogP contribution in [0.1, 0.15) is 38.4 Å². The van der Waals surface area contributed by atoms with Crippen molar-refractivity contribution in [3.8, 4) is 11.4 Å². The molecule has 0 aliphatic heterocycles. The van der Waals surface area contributed by atoms with Gasteiger partial charge < -0.3 is 9.30 Å². The molecule has 0 radical (unpaired) electrons. The van der Waals surface area contributed by atoms with Crippen molar-refractivity contribution in [3.05, 3.63) is 116 Å². The van der Waals surface area contributed by atoms with Crippen LogP contribution in [0, 0.1) is 13.8 Å². The topological polar surface area (TPSA) is 55.6 Å². The van der Waals surface area contributed by atoms with Crippen LogP contribution < -0.4 is 10.2 Å². The van der Waals surface area contributed by atoms with E-state index in [0.717, 1.165) is 40.3 Å². The molecule has 1 aromatic heterocycles. The van der Waals surface area contributed by atoms with Gasteiger partial charge in [-0.2, -0.15) is 18.3 Å². The maximum Gasteiger partial charge on any atom is 0.416 e. The predicted molar refractivity (Wildman–Crippen MR) is 143 cm³/mol. The summed E-state index contributed by atoms with van der Waals surface area (Å²) in [6.45, 7) is 4.12. The number of hydrogen-bond acceptors (Lipinski definition) is 3. The Morgan fingerprint density at radius 1 is 1.03 bits per heavy atom. The Morgan fingerprint density at radius 2 is 1.76 bits per heavy atom. The molecule has 0 saturated carbocycles. The van der Waals surface area contributed by atoms with Gasteiger partial charge in [0.2, 0.25) is 0 Å². The van der Waals surface area contributed by atoms with Gasteiger partial charge in [-0.05, 0) is 74.5 Å². The summed E-state index contributed by atoms with van der Waals surface area (Å²) in [4.78, 5) is 12.3. The van der Waals surface area contributed by atoms with Crippen LogP contribution in [0.4, 0.5) is 13.2 Å². The molecule has 1 amide bonds. The molecule has 0 aliphatic carbocycles. The summed E-state index contributed by atoms with van der Waals surface area (Å²) >= 11 is 12.1. The predicted octanol–water partition coefficient (Wildman–Crippen LogP) is 7.76. The van der Waals surface area contributed by atoms with E-state index in [2.05, 4.69) is 10.5 Å². The molecule has 3 aromatic carbocycles. The first kappa shape index (κ1) is 27.3. The van der Waals surface area contributed by atoms with E-state index in [4.69, 9.17) is 27.9 Å². The molecule has 196 valence electrons. The first-order valence-corrected chi connectivity index (χ1v) is 12.2. The van der Waals surface area contributed by atoms with E-state index in [-0.39, 0.29) is 5.56 Å². The number of aryl methyl sites for hydroxylation is 1. The largest absolute Gasteiger partial charge is 0.489 e.